The highest BCUT2D eigenvalue weighted by atomic mass is 19.1. The first-order valence-electron chi connectivity index (χ1n) is 9.28. The first-order chi connectivity index (χ1) is 13.2. The molecule has 0 amide bonds. The second kappa shape index (κ2) is 6.29. The lowest BCUT2D eigenvalue weighted by Gasteiger charge is -2.38. The molecule has 2 aromatic heterocycles. The van der Waals surface area contributed by atoms with Gasteiger partial charge in [0.05, 0.1) is 22.8 Å². The van der Waals surface area contributed by atoms with Gasteiger partial charge >= 0.3 is 5.97 Å². The van der Waals surface area contributed by atoms with E-state index in [0.29, 0.717) is 16.6 Å². The Morgan fingerprint density at radius 3 is 2.57 bits per heavy atom. The van der Waals surface area contributed by atoms with Crippen LogP contribution >= 0.6 is 0 Å². The average Bonchev–Trinajstić information content (AvgIpc) is 2.64. The van der Waals surface area contributed by atoms with Crippen LogP contribution in [-0.2, 0) is 7.05 Å². The molecule has 1 saturated heterocycles. The predicted octanol–water partition coefficient (Wildman–Crippen LogP) is 3.55. The normalized spacial score (nSPS) is 16.6. The van der Waals surface area contributed by atoms with Crippen molar-refractivity contribution in [3.63, 3.8) is 0 Å². The number of aryl methyl sites for hydroxylation is 1. The van der Waals surface area contributed by atoms with Crippen molar-refractivity contribution in [2.75, 3.05) is 18.0 Å². The second-order valence-electron chi connectivity index (χ2n) is 8.25. The van der Waals surface area contributed by atoms with Crippen LogP contribution in [-0.4, -0.2) is 33.7 Å². The van der Waals surface area contributed by atoms with Gasteiger partial charge in [-0.05, 0) is 30.4 Å². The van der Waals surface area contributed by atoms with Crippen molar-refractivity contribution in [1.82, 2.24) is 9.55 Å². The van der Waals surface area contributed by atoms with Crippen LogP contribution < -0.4 is 10.3 Å². The van der Waals surface area contributed by atoms with E-state index in [1.807, 2.05) is 4.90 Å². The highest BCUT2D eigenvalue weighted by molar-refractivity contribution is 6.07. The van der Waals surface area contributed by atoms with Crippen molar-refractivity contribution in [3.8, 4) is 0 Å². The number of fused-ring (bicyclic) bond motifs is 3. The van der Waals surface area contributed by atoms with Gasteiger partial charge in [-0.3, -0.25) is 9.78 Å². The summed E-state index contributed by atoms with van der Waals surface area (Å²) in [5.74, 6) is -1.78. The van der Waals surface area contributed by atoms with Gasteiger partial charge in [0.25, 0.3) is 0 Å². The molecule has 7 heteroatoms. The van der Waals surface area contributed by atoms with Crippen LogP contribution in [0.5, 0.6) is 0 Å². The number of hydrogen-bond donors (Lipinski definition) is 1. The van der Waals surface area contributed by atoms with E-state index in [2.05, 4.69) is 18.8 Å². The van der Waals surface area contributed by atoms with E-state index < -0.39 is 17.2 Å². The number of rotatable bonds is 2. The number of carbonyl (C=O) groups is 1. The molecule has 28 heavy (non-hydrogen) atoms. The van der Waals surface area contributed by atoms with Crippen LogP contribution in [0, 0.1) is 11.2 Å². The third kappa shape index (κ3) is 2.82. The van der Waals surface area contributed by atoms with Crippen molar-refractivity contribution in [3.05, 3.63) is 46.1 Å². The summed E-state index contributed by atoms with van der Waals surface area (Å²) in [7, 11) is 1.64. The zero-order valence-corrected chi connectivity index (χ0v) is 16.1. The van der Waals surface area contributed by atoms with Gasteiger partial charge in [-0.1, -0.05) is 13.8 Å². The summed E-state index contributed by atoms with van der Waals surface area (Å²) in [6, 6.07) is 3.35. The average molecular weight is 383 g/mol. The van der Waals surface area contributed by atoms with Gasteiger partial charge in [0.1, 0.15) is 11.1 Å². The molecular weight excluding hydrogens is 361 g/mol. The summed E-state index contributed by atoms with van der Waals surface area (Å²) >= 11 is 0. The topological polar surface area (TPSA) is 75.4 Å². The smallest absolute Gasteiger partial charge is 0.341 e. The van der Waals surface area contributed by atoms with Crippen molar-refractivity contribution >= 4 is 33.5 Å². The number of halogens is 1. The number of anilines is 1. The van der Waals surface area contributed by atoms with E-state index in [4.69, 9.17) is 0 Å². The van der Waals surface area contributed by atoms with E-state index in [1.54, 1.807) is 19.2 Å². The molecule has 1 aromatic carbocycles. The highest BCUT2D eigenvalue weighted by Gasteiger charge is 2.27. The number of nitrogens with zero attached hydrogens (tertiary/aromatic N) is 3. The molecule has 146 valence electrons. The Balaban J connectivity index is 1.93. The zero-order valence-electron chi connectivity index (χ0n) is 16.1. The van der Waals surface area contributed by atoms with Crippen LogP contribution in [0.2, 0.25) is 0 Å². The van der Waals surface area contributed by atoms with Gasteiger partial charge in [-0.2, -0.15) is 0 Å². The summed E-state index contributed by atoms with van der Waals surface area (Å²) in [6.45, 7) is 5.94. The van der Waals surface area contributed by atoms with Crippen LogP contribution in [0.15, 0.2) is 29.3 Å². The van der Waals surface area contributed by atoms with Crippen LogP contribution in [0.25, 0.3) is 21.8 Å². The Morgan fingerprint density at radius 2 is 1.93 bits per heavy atom. The Labute approximate surface area is 161 Å². The lowest BCUT2D eigenvalue weighted by molar-refractivity contribution is 0.0695. The maximum Gasteiger partial charge on any atom is 0.341 e. The molecule has 0 aliphatic carbocycles. The van der Waals surface area contributed by atoms with Crippen molar-refractivity contribution < 1.29 is 14.3 Å². The van der Waals surface area contributed by atoms with Crippen LogP contribution in [0.4, 0.5) is 10.1 Å². The van der Waals surface area contributed by atoms with Gasteiger partial charge < -0.3 is 14.6 Å². The third-order valence-corrected chi connectivity index (χ3v) is 5.80. The number of hydrogen-bond acceptors (Lipinski definition) is 4. The summed E-state index contributed by atoms with van der Waals surface area (Å²) in [4.78, 5) is 30.4. The van der Waals surface area contributed by atoms with E-state index in [1.165, 1.54) is 17.0 Å². The molecule has 0 radical (unpaired) electrons. The fourth-order valence-electron chi connectivity index (χ4n) is 3.92. The quantitative estimate of drug-likeness (QED) is 0.685. The molecule has 0 saturated carbocycles. The standard InChI is InChI=1S/C21H22FN3O3/c1-21(2)6-8-25(9-7-21)14-5-4-12-16-15(10-23-18(12)17(14)22)24(3)11-13(19(16)26)20(27)28/h4-5,10-11H,6-9H2,1-3H3,(H,27,28). The molecule has 1 fully saturated rings. The van der Waals surface area contributed by atoms with Crippen molar-refractivity contribution in [2.45, 2.75) is 26.7 Å². The first kappa shape index (κ1) is 18.4. The number of benzene rings is 1. The molecule has 6 nitrogen and oxygen atoms in total. The predicted molar refractivity (Wildman–Crippen MR) is 107 cm³/mol. The maximum absolute atomic E-state index is 15.3. The van der Waals surface area contributed by atoms with Gasteiger partial charge in [-0.15, -0.1) is 0 Å². The van der Waals surface area contributed by atoms with Gasteiger partial charge in [0.2, 0.25) is 5.43 Å². The minimum atomic E-state index is -1.31. The number of aromatic nitrogens is 2. The molecule has 0 unspecified atom stereocenters. The molecule has 0 atom stereocenters. The number of aromatic carboxylic acids is 1. The molecule has 1 aliphatic rings. The highest BCUT2D eigenvalue weighted by Crippen LogP contribution is 2.35. The SMILES string of the molecule is Cn1cc(C(=O)O)c(=O)c2c3ccc(N4CCC(C)(C)CC4)c(F)c3ncc21. The molecule has 0 spiro atoms. The van der Waals surface area contributed by atoms with E-state index >= 15 is 4.39 Å². The summed E-state index contributed by atoms with van der Waals surface area (Å²) in [5, 5.41) is 9.83. The molecule has 1 N–H and O–H groups in total. The van der Waals surface area contributed by atoms with Crippen LogP contribution in [0.1, 0.15) is 37.0 Å². The number of pyridine rings is 2. The number of piperidine rings is 1. The van der Waals surface area contributed by atoms with Gasteiger partial charge in [-0.25, -0.2) is 9.18 Å². The second-order valence-corrected chi connectivity index (χ2v) is 8.25. The Kier molecular flexibility index (Phi) is 4.14. The minimum Gasteiger partial charge on any atom is -0.477 e. The van der Waals surface area contributed by atoms with Crippen molar-refractivity contribution in [1.29, 1.82) is 0 Å². The molecule has 3 heterocycles. The van der Waals surface area contributed by atoms with E-state index in [0.717, 1.165) is 25.9 Å². The maximum atomic E-state index is 15.3. The third-order valence-electron chi connectivity index (χ3n) is 5.80. The monoisotopic (exact) mass is 383 g/mol. The lowest BCUT2D eigenvalue weighted by atomic mass is 9.82. The molecule has 4 rings (SSSR count). The molecular formula is C21H22FN3O3. The van der Waals surface area contributed by atoms with Gasteiger partial charge in [0.15, 0.2) is 5.82 Å². The lowest BCUT2D eigenvalue weighted by Crippen LogP contribution is -2.37. The molecule has 0 bridgehead atoms. The summed E-state index contributed by atoms with van der Waals surface area (Å²) in [6.07, 6.45) is 4.63. The Bertz CT molecular complexity index is 1170. The number of carboxylic acids is 1. The Hall–Kier alpha value is -2.96. The number of carboxylic acid groups (broad SMARTS) is 1. The minimum absolute atomic E-state index is 0.0921. The fourth-order valence-corrected chi connectivity index (χ4v) is 3.92. The van der Waals surface area contributed by atoms with E-state index in [9.17, 15) is 14.7 Å². The van der Waals surface area contributed by atoms with Gasteiger partial charge in [0, 0.05) is 31.7 Å². The van der Waals surface area contributed by atoms with Crippen LogP contribution in [0.3, 0.4) is 0 Å². The first-order valence-corrected chi connectivity index (χ1v) is 9.28. The largest absolute Gasteiger partial charge is 0.477 e. The summed E-state index contributed by atoms with van der Waals surface area (Å²) in [5.41, 5.74) is 0.313. The Morgan fingerprint density at radius 1 is 1.25 bits per heavy atom. The van der Waals surface area contributed by atoms with E-state index in [-0.39, 0.29) is 21.9 Å². The molecule has 1 aliphatic heterocycles. The fraction of sp³-hybridized carbons (Fsp3) is 0.381. The zero-order chi connectivity index (χ0) is 20.2. The summed E-state index contributed by atoms with van der Waals surface area (Å²) < 4.78 is 16.9. The van der Waals surface area contributed by atoms with Crippen molar-refractivity contribution in [2.24, 2.45) is 12.5 Å². The molecule has 3 aromatic rings.